The Labute approximate surface area is 140 Å². The average Bonchev–Trinajstić information content (AvgIpc) is 3.37. The van der Waals surface area contributed by atoms with Crippen LogP contribution in [0.25, 0.3) is 0 Å². The smallest absolute Gasteiger partial charge is 0.307 e. The largest absolute Gasteiger partial charge is 0.481 e. The summed E-state index contributed by atoms with van der Waals surface area (Å²) in [5, 5.41) is 14.5. The second-order valence-corrected chi connectivity index (χ2v) is 6.68. The zero-order valence-electron chi connectivity index (χ0n) is 13.5. The Morgan fingerprint density at radius 1 is 0.917 bits per heavy atom. The Bertz CT molecular complexity index is 652. The van der Waals surface area contributed by atoms with Crippen molar-refractivity contribution >= 4 is 29.2 Å². The van der Waals surface area contributed by atoms with E-state index in [1.165, 1.54) is 6.42 Å². The van der Waals surface area contributed by atoms with Gasteiger partial charge in [-0.15, -0.1) is 0 Å². The van der Waals surface area contributed by atoms with Gasteiger partial charge in [-0.25, -0.2) is 0 Å². The van der Waals surface area contributed by atoms with Crippen molar-refractivity contribution in [2.45, 2.75) is 38.5 Å². The van der Waals surface area contributed by atoms with Crippen molar-refractivity contribution in [3.05, 3.63) is 24.3 Å². The van der Waals surface area contributed by atoms with Gasteiger partial charge in [0.25, 0.3) is 0 Å². The maximum absolute atomic E-state index is 12.3. The fraction of sp³-hybridized carbons (Fsp3) is 0.500. The lowest BCUT2D eigenvalue weighted by Crippen LogP contribution is -2.24. The summed E-state index contributed by atoms with van der Waals surface area (Å²) in [5.41, 5.74) is 1.21. The van der Waals surface area contributed by atoms with Crippen molar-refractivity contribution < 1.29 is 19.5 Å². The van der Waals surface area contributed by atoms with Gasteiger partial charge in [0.2, 0.25) is 11.8 Å². The highest BCUT2D eigenvalue weighted by atomic mass is 16.4. The van der Waals surface area contributed by atoms with Gasteiger partial charge in [0, 0.05) is 17.3 Å². The molecule has 3 rings (SSSR count). The molecule has 0 saturated heterocycles. The fourth-order valence-corrected chi connectivity index (χ4v) is 3.28. The normalized spacial score (nSPS) is 23.3. The van der Waals surface area contributed by atoms with Crippen molar-refractivity contribution in [1.29, 1.82) is 0 Å². The summed E-state index contributed by atoms with van der Waals surface area (Å²) in [6.45, 7) is 0. The first kappa shape index (κ1) is 16.5. The number of anilines is 2. The van der Waals surface area contributed by atoms with Crippen molar-refractivity contribution in [1.82, 2.24) is 0 Å². The van der Waals surface area contributed by atoms with Gasteiger partial charge >= 0.3 is 5.97 Å². The van der Waals surface area contributed by atoms with Crippen molar-refractivity contribution in [3.63, 3.8) is 0 Å². The van der Waals surface area contributed by atoms with E-state index in [2.05, 4.69) is 10.6 Å². The number of amides is 2. The molecule has 2 unspecified atom stereocenters. The van der Waals surface area contributed by atoms with Gasteiger partial charge in [0.1, 0.15) is 0 Å². The van der Waals surface area contributed by atoms with Crippen LogP contribution in [0.2, 0.25) is 0 Å². The van der Waals surface area contributed by atoms with Gasteiger partial charge in [-0.2, -0.15) is 0 Å². The summed E-state index contributed by atoms with van der Waals surface area (Å²) in [6.07, 6.45) is 5.64. The van der Waals surface area contributed by atoms with Gasteiger partial charge in [0.05, 0.1) is 11.8 Å². The van der Waals surface area contributed by atoms with Crippen LogP contribution in [0.3, 0.4) is 0 Å². The molecule has 0 aliphatic heterocycles. The quantitative estimate of drug-likeness (QED) is 0.773. The third kappa shape index (κ3) is 3.93. The zero-order chi connectivity index (χ0) is 17.1. The summed E-state index contributed by atoms with van der Waals surface area (Å²) in [4.78, 5) is 35.1. The maximum Gasteiger partial charge on any atom is 0.307 e. The second kappa shape index (κ2) is 7.03. The molecular weight excluding hydrogens is 308 g/mol. The van der Waals surface area contributed by atoms with E-state index in [0.29, 0.717) is 17.8 Å². The van der Waals surface area contributed by atoms with Gasteiger partial charge in [-0.1, -0.05) is 25.3 Å². The molecule has 2 atom stereocenters. The lowest BCUT2D eigenvalue weighted by Gasteiger charge is -2.20. The molecule has 0 heterocycles. The van der Waals surface area contributed by atoms with E-state index in [4.69, 9.17) is 5.11 Å². The van der Waals surface area contributed by atoms with Crippen LogP contribution in [-0.4, -0.2) is 22.9 Å². The molecule has 1 aromatic carbocycles. The predicted octanol–water partition coefficient (Wildman–Crippen LogP) is 2.86. The van der Waals surface area contributed by atoms with Gasteiger partial charge in [-0.05, 0) is 37.5 Å². The molecule has 2 aliphatic rings. The number of carboxylic acids is 1. The molecule has 0 aromatic heterocycles. The first-order valence-corrected chi connectivity index (χ1v) is 8.49. The molecular formula is C18H22N2O4. The van der Waals surface area contributed by atoms with Gasteiger partial charge in [0.15, 0.2) is 0 Å². The van der Waals surface area contributed by atoms with Crippen molar-refractivity contribution in [2.24, 2.45) is 17.8 Å². The van der Waals surface area contributed by atoms with Crippen LogP contribution in [0.1, 0.15) is 38.5 Å². The minimum atomic E-state index is -0.927. The Balaban J connectivity index is 1.57. The maximum atomic E-state index is 12.3. The molecule has 6 heteroatoms. The standard InChI is InChI=1S/C18H22N2O4/c21-16(11-5-2-1-3-6-11)19-12-7-4-8-13(9-12)20-17(22)14-10-15(14)18(23)24/h4,7-9,11,14-15H,1-3,5-6,10H2,(H,19,21)(H,20,22)(H,23,24). The van der Waals surface area contributed by atoms with Crippen LogP contribution in [0, 0.1) is 17.8 Å². The van der Waals surface area contributed by atoms with Crippen molar-refractivity contribution in [2.75, 3.05) is 10.6 Å². The summed E-state index contributed by atoms with van der Waals surface area (Å²) in [5.74, 6) is -2.13. The molecule has 24 heavy (non-hydrogen) atoms. The number of rotatable bonds is 5. The van der Waals surface area contributed by atoms with Crippen LogP contribution in [0.15, 0.2) is 24.3 Å². The van der Waals surface area contributed by atoms with Crippen LogP contribution < -0.4 is 10.6 Å². The molecule has 0 spiro atoms. The van der Waals surface area contributed by atoms with Crippen molar-refractivity contribution in [3.8, 4) is 0 Å². The molecule has 2 saturated carbocycles. The number of hydrogen-bond acceptors (Lipinski definition) is 3. The molecule has 0 radical (unpaired) electrons. The SMILES string of the molecule is O=C(Nc1cccc(NC(=O)C2CC2C(=O)O)c1)C1CCCCC1. The van der Waals surface area contributed by atoms with Crippen LogP contribution in [0.4, 0.5) is 11.4 Å². The third-order valence-electron chi connectivity index (χ3n) is 4.82. The Morgan fingerprint density at radius 2 is 1.54 bits per heavy atom. The number of carboxylic acid groups (broad SMARTS) is 1. The Morgan fingerprint density at radius 3 is 2.12 bits per heavy atom. The molecule has 1 aromatic rings. The first-order valence-electron chi connectivity index (χ1n) is 8.49. The van der Waals surface area contributed by atoms with E-state index in [1.54, 1.807) is 24.3 Å². The number of nitrogens with one attached hydrogen (secondary N) is 2. The van der Waals surface area contributed by atoms with E-state index in [9.17, 15) is 14.4 Å². The monoisotopic (exact) mass is 330 g/mol. The van der Waals surface area contributed by atoms with Crippen LogP contribution in [0.5, 0.6) is 0 Å². The Kier molecular flexibility index (Phi) is 4.83. The molecule has 2 aliphatic carbocycles. The summed E-state index contributed by atoms with van der Waals surface area (Å²) >= 11 is 0. The molecule has 3 N–H and O–H groups in total. The van der Waals surface area contributed by atoms with Crippen LogP contribution in [-0.2, 0) is 14.4 Å². The number of benzene rings is 1. The first-order chi connectivity index (χ1) is 11.5. The zero-order valence-corrected chi connectivity index (χ0v) is 13.5. The molecule has 2 fully saturated rings. The molecule has 6 nitrogen and oxygen atoms in total. The van der Waals surface area contributed by atoms with E-state index >= 15 is 0 Å². The third-order valence-corrected chi connectivity index (χ3v) is 4.82. The lowest BCUT2D eigenvalue weighted by atomic mass is 9.88. The minimum Gasteiger partial charge on any atom is -0.481 e. The fourth-order valence-electron chi connectivity index (χ4n) is 3.28. The number of hydrogen-bond donors (Lipinski definition) is 3. The highest BCUT2D eigenvalue weighted by Gasteiger charge is 2.48. The van der Waals surface area contributed by atoms with E-state index in [1.807, 2.05) is 0 Å². The van der Waals surface area contributed by atoms with Crippen LogP contribution >= 0.6 is 0 Å². The van der Waals surface area contributed by atoms with Gasteiger partial charge in [-0.3, -0.25) is 14.4 Å². The minimum absolute atomic E-state index is 0.0336. The summed E-state index contributed by atoms with van der Waals surface area (Å²) in [6, 6.07) is 6.98. The lowest BCUT2D eigenvalue weighted by molar-refractivity contribution is -0.139. The highest BCUT2D eigenvalue weighted by Crippen LogP contribution is 2.39. The van der Waals surface area contributed by atoms with Gasteiger partial charge < -0.3 is 15.7 Å². The van der Waals surface area contributed by atoms with E-state index in [-0.39, 0.29) is 17.7 Å². The average molecular weight is 330 g/mol. The summed E-state index contributed by atoms with van der Waals surface area (Å²) < 4.78 is 0. The summed E-state index contributed by atoms with van der Waals surface area (Å²) in [7, 11) is 0. The molecule has 2 amide bonds. The van der Waals surface area contributed by atoms with E-state index in [0.717, 1.165) is 25.7 Å². The predicted molar refractivity (Wildman–Crippen MR) is 89.5 cm³/mol. The second-order valence-electron chi connectivity index (χ2n) is 6.68. The number of carbonyl (C=O) groups excluding carboxylic acids is 2. The topological polar surface area (TPSA) is 95.5 Å². The highest BCUT2D eigenvalue weighted by molar-refractivity contribution is 5.99. The Hall–Kier alpha value is -2.37. The molecule has 0 bridgehead atoms. The number of carbonyl (C=O) groups is 3. The number of aliphatic carboxylic acids is 1. The molecule has 128 valence electrons. The van der Waals surface area contributed by atoms with E-state index < -0.39 is 17.8 Å².